The first-order chi connectivity index (χ1) is 14.2. The van der Waals surface area contributed by atoms with Gasteiger partial charge in [0.05, 0.1) is 10.6 Å². The van der Waals surface area contributed by atoms with Crippen molar-refractivity contribution in [3.63, 3.8) is 0 Å². The van der Waals surface area contributed by atoms with Gasteiger partial charge >= 0.3 is 0 Å². The van der Waals surface area contributed by atoms with Crippen LogP contribution < -0.4 is 9.62 Å². The van der Waals surface area contributed by atoms with Crippen molar-refractivity contribution < 1.29 is 22.0 Å². The lowest BCUT2D eigenvalue weighted by atomic mass is 10.3. The van der Waals surface area contributed by atoms with Crippen LogP contribution in [0.3, 0.4) is 0 Å². The van der Waals surface area contributed by atoms with Crippen molar-refractivity contribution in [1.82, 2.24) is 0 Å². The summed E-state index contributed by atoms with van der Waals surface area (Å²) in [4.78, 5) is 12.4. The van der Waals surface area contributed by atoms with Gasteiger partial charge in [0.25, 0.3) is 10.0 Å². The van der Waals surface area contributed by atoms with Gasteiger partial charge in [0.15, 0.2) is 0 Å². The quantitative estimate of drug-likeness (QED) is 0.544. The predicted octanol–water partition coefficient (Wildman–Crippen LogP) is 5.11. The van der Waals surface area contributed by atoms with Crippen LogP contribution in [0, 0.1) is 11.6 Å². The van der Waals surface area contributed by atoms with Gasteiger partial charge in [-0.3, -0.25) is 9.10 Å². The van der Waals surface area contributed by atoms with E-state index in [1.807, 2.05) is 0 Å². The SMILES string of the molecule is O=C(CN(c1cccc(Cl)c1)S(=O)(=O)c1ccc(Cl)cc1)Nc1c(F)cccc1F. The van der Waals surface area contributed by atoms with Gasteiger partial charge in [-0.2, -0.15) is 0 Å². The van der Waals surface area contributed by atoms with Gasteiger partial charge in [0.2, 0.25) is 5.91 Å². The van der Waals surface area contributed by atoms with Gasteiger partial charge in [0, 0.05) is 10.0 Å². The van der Waals surface area contributed by atoms with E-state index in [0.29, 0.717) is 5.02 Å². The zero-order chi connectivity index (χ0) is 21.9. The van der Waals surface area contributed by atoms with E-state index in [0.717, 1.165) is 22.5 Å². The highest BCUT2D eigenvalue weighted by Crippen LogP contribution is 2.27. The molecule has 0 heterocycles. The van der Waals surface area contributed by atoms with Crippen molar-refractivity contribution in [2.24, 2.45) is 0 Å². The Hall–Kier alpha value is -2.68. The van der Waals surface area contributed by atoms with Gasteiger partial charge in [0.1, 0.15) is 23.9 Å². The van der Waals surface area contributed by atoms with Crippen molar-refractivity contribution in [3.05, 3.63) is 88.4 Å². The molecule has 0 spiro atoms. The Bertz CT molecular complexity index is 1170. The number of hydrogen-bond donors (Lipinski definition) is 1. The lowest BCUT2D eigenvalue weighted by molar-refractivity contribution is -0.114. The molecule has 3 aromatic rings. The highest BCUT2D eigenvalue weighted by Gasteiger charge is 2.28. The highest BCUT2D eigenvalue weighted by atomic mass is 35.5. The second kappa shape index (κ2) is 8.99. The molecule has 3 aromatic carbocycles. The molecule has 0 saturated carbocycles. The zero-order valence-corrected chi connectivity index (χ0v) is 17.5. The van der Waals surface area contributed by atoms with Crippen LogP contribution in [-0.2, 0) is 14.8 Å². The van der Waals surface area contributed by atoms with Gasteiger partial charge < -0.3 is 5.32 Å². The predicted molar refractivity (Wildman–Crippen MR) is 112 cm³/mol. The number of para-hydroxylation sites is 1. The minimum Gasteiger partial charge on any atom is -0.320 e. The summed E-state index contributed by atoms with van der Waals surface area (Å²) in [5, 5.41) is 2.65. The van der Waals surface area contributed by atoms with E-state index in [1.54, 1.807) is 0 Å². The molecule has 0 radical (unpaired) electrons. The maximum atomic E-state index is 13.8. The van der Waals surface area contributed by atoms with E-state index in [4.69, 9.17) is 23.2 Å². The van der Waals surface area contributed by atoms with Crippen LogP contribution >= 0.6 is 23.2 Å². The van der Waals surface area contributed by atoms with Crippen LogP contribution in [0.4, 0.5) is 20.2 Å². The fourth-order valence-electron chi connectivity index (χ4n) is 2.61. The third kappa shape index (κ3) is 4.89. The van der Waals surface area contributed by atoms with E-state index >= 15 is 0 Å². The summed E-state index contributed by atoms with van der Waals surface area (Å²) < 4.78 is 54.9. The van der Waals surface area contributed by atoms with Crippen molar-refractivity contribution in [2.45, 2.75) is 4.90 Å². The average molecular weight is 471 g/mol. The summed E-state index contributed by atoms with van der Waals surface area (Å²) in [6.07, 6.45) is 0. The van der Waals surface area contributed by atoms with E-state index in [1.165, 1.54) is 48.5 Å². The van der Waals surface area contributed by atoms with Crippen LogP contribution in [0.5, 0.6) is 0 Å². The van der Waals surface area contributed by atoms with E-state index in [2.05, 4.69) is 5.32 Å². The largest absolute Gasteiger partial charge is 0.320 e. The molecule has 0 aromatic heterocycles. The van der Waals surface area contributed by atoms with Crippen LogP contribution in [0.1, 0.15) is 0 Å². The molecule has 3 rings (SSSR count). The number of nitrogens with zero attached hydrogens (tertiary/aromatic N) is 1. The molecule has 0 fully saturated rings. The van der Waals surface area contributed by atoms with Gasteiger partial charge in [-0.05, 0) is 54.6 Å². The van der Waals surface area contributed by atoms with Crippen molar-refractivity contribution in [2.75, 3.05) is 16.2 Å². The number of benzene rings is 3. The van der Waals surface area contributed by atoms with Crippen molar-refractivity contribution >= 4 is 50.5 Å². The molecule has 0 atom stereocenters. The summed E-state index contributed by atoms with van der Waals surface area (Å²) in [6.45, 7) is -0.751. The minimum atomic E-state index is -4.23. The lowest BCUT2D eigenvalue weighted by Gasteiger charge is -2.24. The molecular weight excluding hydrogens is 457 g/mol. The molecule has 10 heteroatoms. The summed E-state index contributed by atoms with van der Waals surface area (Å²) >= 11 is 11.8. The number of hydrogen-bond acceptors (Lipinski definition) is 3. The van der Waals surface area contributed by atoms with Gasteiger partial charge in [-0.1, -0.05) is 35.3 Å². The molecule has 0 aliphatic heterocycles. The summed E-state index contributed by atoms with van der Waals surface area (Å²) in [6, 6.07) is 14.3. The maximum absolute atomic E-state index is 13.8. The summed E-state index contributed by atoms with van der Waals surface area (Å²) in [5.74, 6) is -2.92. The first kappa shape index (κ1) is 22.0. The minimum absolute atomic E-state index is 0.0987. The van der Waals surface area contributed by atoms with Crippen LogP contribution in [0.15, 0.2) is 71.6 Å². The number of carbonyl (C=O) groups excluding carboxylic acids is 1. The zero-order valence-electron chi connectivity index (χ0n) is 15.2. The highest BCUT2D eigenvalue weighted by molar-refractivity contribution is 7.92. The van der Waals surface area contributed by atoms with Gasteiger partial charge in [-0.15, -0.1) is 0 Å². The van der Waals surface area contributed by atoms with Crippen molar-refractivity contribution in [3.8, 4) is 0 Å². The molecular formula is C20H14Cl2F2N2O3S. The Morgan fingerprint density at radius 3 is 2.10 bits per heavy atom. The molecule has 5 nitrogen and oxygen atoms in total. The smallest absolute Gasteiger partial charge is 0.264 e. The van der Waals surface area contributed by atoms with Gasteiger partial charge in [-0.25, -0.2) is 17.2 Å². The third-order valence-corrected chi connectivity index (χ3v) is 6.29. The fourth-order valence-corrected chi connectivity index (χ4v) is 4.33. The average Bonchev–Trinajstić information content (AvgIpc) is 2.69. The van der Waals surface area contributed by atoms with E-state index in [-0.39, 0.29) is 15.6 Å². The normalized spacial score (nSPS) is 11.2. The number of sulfonamides is 1. The standard InChI is InChI=1S/C20H14Cl2F2N2O3S/c21-13-7-9-16(10-8-13)30(28,29)26(15-4-1-3-14(22)11-15)12-19(27)25-20-17(23)5-2-6-18(20)24/h1-11H,12H2,(H,25,27). The second-order valence-corrected chi connectivity index (χ2v) is 8.83. The first-order valence-corrected chi connectivity index (χ1v) is 10.7. The molecule has 1 N–H and O–H groups in total. The number of nitrogens with one attached hydrogen (secondary N) is 1. The summed E-state index contributed by atoms with van der Waals surface area (Å²) in [5.41, 5.74) is -0.570. The molecule has 0 aliphatic carbocycles. The Labute approximate surface area is 181 Å². The number of halogens is 4. The molecule has 30 heavy (non-hydrogen) atoms. The molecule has 1 amide bonds. The molecule has 0 aliphatic rings. The van der Waals surface area contributed by atoms with Crippen LogP contribution in [-0.4, -0.2) is 20.9 Å². The van der Waals surface area contributed by atoms with Crippen LogP contribution in [0.2, 0.25) is 10.0 Å². The lowest BCUT2D eigenvalue weighted by Crippen LogP contribution is -2.38. The topological polar surface area (TPSA) is 66.5 Å². The van der Waals surface area contributed by atoms with E-state index < -0.39 is 39.8 Å². The van der Waals surface area contributed by atoms with Crippen molar-refractivity contribution in [1.29, 1.82) is 0 Å². The second-order valence-electron chi connectivity index (χ2n) is 6.09. The Balaban J connectivity index is 1.98. The summed E-state index contributed by atoms with van der Waals surface area (Å²) in [7, 11) is -4.23. The number of carbonyl (C=O) groups is 1. The Morgan fingerprint density at radius 2 is 1.50 bits per heavy atom. The molecule has 0 bridgehead atoms. The molecule has 0 unspecified atom stereocenters. The monoisotopic (exact) mass is 470 g/mol. The molecule has 0 saturated heterocycles. The third-order valence-electron chi connectivity index (χ3n) is 4.01. The molecule has 156 valence electrons. The Kier molecular flexibility index (Phi) is 6.60. The van der Waals surface area contributed by atoms with E-state index in [9.17, 15) is 22.0 Å². The number of amides is 1. The van der Waals surface area contributed by atoms with Crippen LogP contribution in [0.25, 0.3) is 0 Å². The number of rotatable bonds is 6. The fraction of sp³-hybridized carbons (Fsp3) is 0.0500. The number of anilines is 2. The maximum Gasteiger partial charge on any atom is 0.264 e. The Morgan fingerprint density at radius 1 is 0.900 bits per heavy atom. The first-order valence-electron chi connectivity index (χ1n) is 8.46.